The van der Waals surface area contributed by atoms with E-state index in [1.54, 1.807) is 6.21 Å². The van der Waals surface area contributed by atoms with Gasteiger partial charge in [0.2, 0.25) is 0 Å². The zero-order valence-electron chi connectivity index (χ0n) is 18.5. The number of carbonyl (C=O) groups excluding carboxylic acids is 1. The molecule has 3 aromatic rings. The number of rotatable bonds is 11. The number of carbonyl (C=O) groups is 1. The highest BCUT2D eigenvalue weighted by Gasteiger charge is 2.15. The summed E-state index contributed by atoms with van der Waals surface area (Å²) >= 11 is 0. The van der Waals surface area contributed by atoms with Crippen molar-refractivity contribution >= 4 is 17.8 Å². The van der Waals surface area contributed by atoms with Crippen molar-refractivity contribution in [2.24, 2.45) is 5.10 Å². The molecule has 0 aliphatic heterocycles. The van der Waals surface area contributed by atoms with Gasteiger partial charge in [-0.3, -0.25) is 4.79 Å². The lowest BCUT2D eigenvalue weighted by Gasteiger charge is -2.16. The van der Waals surface area contributed by atoms with Crippen molar-refractivity contribution < 1.29 is 14.3 Å². The van der Waals surface area contributed by atoms with Crippen molar-refractivity contribution in [1.29, 1.82) is 0 Å². The van der Waals surface area contributed by atoms with Crippen molar-refractivity contribution in [3.05, 3.63) is 90.0 Å². The van der Waals surface area contributed by atoms with Gasteiger partial charge in [0.05, 0.1) is 12.8 Å². The molecule has 0 saturated heterocycles. The second kappa shape index (κ2) is 12.2. The molecule has 1 atom stereocenters. The fraction of sp³-hybridized carbons (Fsp3) is 0.231. The van der Waals surface area contributed by atoms with Crippen LogP contribution in [0.5, 0.6) is 11.5 Å². The maximum absolute atomic E-state index is 12.6. The maximum atomic E-state index is 12.6. The minimum atomic E-state index is -0.408. The van der Waals surface area contributed by atoms with Crippen molar-refractivity contribution in [2.45, 2.75) is 32.9 Å². The van der Waals surface area contributed by atoms with Gasteiger partial charge < -0.3 is 14.8 Å². The third-order valence-corrected chi connectivity index (χ3v) is 4.77. The molecule has 1 amide bonds. The van der Waals surface area contributed by atoms with Gasteiger partial charge in [0.15, 0.2) is 0 Å². The van der Waals surface area contributed by atoms with E-state index in [9.17, 15) is 4.79 Å². The number of benzene rings is 3. The van der Waals surface area contributed by atoms with Crippen molar-refractivity contribution in [2.75, 3.05) is 11.9 Å². The van der Waals surface area contributed by atoms with Gasteiger partial charge in [0.25, 0.3) is 5.91 Å². The van der Waals surface area contributed by atoms with Crippen molar-refractivity contribution in [1.82, 2.24) is 5.43 Å². The van der Waals surface area contributed by atoms with Crippen LogP contribution in [0.1, 0.15) is 31.4 Å². The molecule has 0 radical (unpaired) electrons. The van der Waals surface area contributed by atoms with Crippen LogP contribution in [0.25, 0.3) is 0 Å². The van der Waals surface area contributed by atoms with E-state index >= 15 is 0 Å². The normalized spacial score (nSPS) is 11.7. The lowest BCUT2D eigenvalue weighted by molar-refractivity contribution is -0.121. The topological polar surface area (TPSA) is 72.0 Å². The Morgan fingerprint density at radius 3 is 2.38 bits per heavy atom. The first kappa shape index (κ1) is 22.9. The van der Waals surface area contributed by atoms with Crippen LogP contribution < -0.4 is 20.2 Å². The van der Waals surface area contributed by atoms with Crippen LogP contribution in [0.2, 0.25) is 0 Å². The Balaban J connectivity index is 1.56. The van der Waals surface area contributed by atoms with E-state index in [2.05, 4.69) is 15.8 Å². The summed E-state index contributed by atoms with van der Waals surface area (Å²) in [6.07, 6.45) is 2.22. The highest BCUT2D eigenvalue weighted by molar-refractivity contribution is 5.88. The predicted octanol–water partition coefficient (Wildman–Crippen LogP) is 5.01. The molecule has 2 N–H and O–H groups in total. The van der Waals surface area contributed by atoms with Gasteiger partial charge in [-0.05, 0) is 55.3 Å². The van der Waals surface area contributed by atoms with Crippen LogP contribution in [0.4, 0.5) is 5.69 Å². The smallest absolute Gasteiger partial charge is 0.262 e. The van der Waals surface area contributed by atoms with E-state index in [0.717, 1.165) is 22.6 Å². The van der Waals surface area contributed by atoms with Gasteiger partial charge in [-0.2, -0.15) is 5.10 Å². The molecule has 3 aromatic carbocycles. The highest BCUT2D eigenvalue weighted by atomic mass is 16.5. The third-order valence-electron chi connectivity index (χ3n) is 4.77. The van der Waals surface area contributed by atoms with Gasteiger partial charge in [-0.1, -0.05) is 49.4 Å². The molecule has 0 aliphatic rings. The molecule has 32 heavy (non-hydrogen) atoms. The fourth-order valence-corrected chi connectivity index (χ4v) is 3.07. The molecule has 3 rings (SSSR count). The number of nitrogens with zero attached hydrogens (tertiary/aromatic N) is 1. The summed E-state index contributed by atoms with van der Waals surface area (Å²) in [7, 11) is 0. The molecular formula is C26H29N3O3. The molecule has 0 bridgehead atoms. The molecule has 0 aromatic heterocycles. The number of para-hydroxylation sites is 1. The molecule has 0 heterocycles. The number of hydrogen-bond acceptors (Lipinski definition) is 5. The van der Waals surface area contributed by atoms with E-state index in [-0.39, 0.29) is 5.91 Å². The quantitative estimate of drug-likeness (QED) is 0.331. The second-order valence-electron chi connectivity index (χ2n) is 7.11. The molecule has 0 aliphatic carbocycles. The van der Waals surface area contributed by atoms with E-state index in [0.29, 0.717) is 25.4 Å². The molecule has 6 heteroatoms. The van der Waals surface area contributed by atoms with Gasteiger partial charge in [0, 0.05) is 11.3 Å². The Morgan fingerprint density at radius 2 is 1.66 bits per heavy atom. The zero-order valence-corrected chi connectivity index (χ0v) is 18.5. The molecule has 6 nitrogen and oxygen atoms in total. The highest BCUT2D eigenvalue weighted by Crippen LogP contribution is 2.18. The van der Waals surface area contributed by atoms with Crippen LogP contribution in [-0.4, -0.2) is 24.8 Å². The number of ether oxygens (including phenoxy) is 2. The first-order valence-electron chi connectivity index (χ1n) is 10.8. The number of amides is 1. The molecule has 0 spiro atoms. The Bertz CT molecular complexity index is 1000. The van der Waals surface area contributed by atoms with Crippen molar-refractivity contribution in [3.8, 4) is 11.5 Å². The Hall–Kier alpha value is -3.80. The largest absolute Gasteiger partial charge is 0.494 e. The summed E-state index contributed by atoms with van der Waals surface area (Å²) in [6.45, 7) is 4.97. The first-order valence-corrected chi connectivity index (χ1v) is 10.8. The summed E-state index contributed by atoms with van der Waals surface area (Å²) in [4.78, 5) is 12.6. The van der Waals surface area contributed by atoms with Crippen LogP contribution in [-0.2, 0) is 11.4 Å². The number of nitrogens with one attached hydrogen (secondary N) is 2. The molecule has 166 valence electrons. The average Bonchev–Trinajstić information content (AvgIpc) is 2.83. The maximum Gasteiger partial charge on any atom is 0.262 e. The molecular weight excluding hydrogens is 402 g/mol. The van der Waals surface area contributed by atoms with Gasteiger partial charge in [-0.25, -0.2) is 5.43 Å². The van der Waals surface area contributed by atoms with Gasteiger partial charge in [0.1, 0.15) is 24.1 Å². The van der Waals surface area contributed by atoms with E-state index in [4.69, 9.17) is 9.47 Å². The Kier molecular flexibility index (Phi) is 8.69. The van der Waals surface area contributed by atoms with Crippen molar-refractivity contribution in [3.63, 3.8) is 0 Å². The van der Waals surface area contributed by atoms with Crippen LogP contribution in [0.15, 0.2) is 84.0 Å². The summed E-state index contributed by atoms with van der Waals surface area (Å²) in [5.41, 5.74) is 5.34. The molecule has 0 unspecified atom stereocenters. The van der Waals surface area contributed by atoms with Crippen LogP contribution >= 0.6 is 0 Å². The average molecular weight is 432 g/mol. The van der Waals surface area contributed by atoms with Crippen LogP contribution in [0, 0.1) is 0 Å². The number of anilines is 1. The summed E-state index contributed by atoms with van der Waals surface area (Å²) < 4.78 is 11.4. The molecule has 0 fully saturated rings. The monoisotopic (exact) mass is 431 g/mol. The minimum Gasteiger partial charge on any atom is -0.494 e. The van der Waals surface area contributed by atoms with Gasteiger partial charge >= 0.3 is 0 Å². The van der Waals surface area contributed by atoms with E-state index in [1.165, 1.54) is 0 Å². The standard InChI is InChI=1S/C26H29N3O3/c1-3-24(28-22-14-16-23(17-15-22)31-4-2)26(30)29-27-18-21-12-8-9-13-25(21)32-19-20-10-6-5-7-11-20/h5-18,24,28H,3-4,19H2,1-2H3,(H,29,30)/b27-18+/t24-/m1/s1. The third kappa shape index (κ3) is 6.87. The first-order chi connectivity index (χ1) is 15.7. The Morgan fingerprint density at radius 1 is 0.938 bits per heavy atom. The lowest BCUT2D eigenvalue weighted by Crippen LogP contribution is -2.36. The summed E-state index contributed by atoms with van der Waals surface area (Å²) in [5, 5.41) is 7.37. The summed E-state index contributed by atoms with van der Waals surface area (Å²) in [6, 6.07) is 24.7. The summed E-state index contributed by atoms with van der Waals surface area (Å²) in [5.74, 6) is 1.29. The Labute approximate surface area is 189 Å². The van der Waals surface area contributed by atoms with Gasteiger partial charge in [-0.15, -0.1) is 0 Å². The minimum absolute atomic E-state index is 0.208. The number of hydrogen-bond donors (Lipinski definition) is 2. The van der Waals surface area contributed by atoms with E-state index < -0.39 is 6.04 Å². The van der Waals surface area contributed by atoms with Crippen LogP contribution in [0.3, 0.4) is 0 Å². The second-order valence-corrected chi connectivity index (χ2v) is 7.11. The molecule has 0 saturated carbocycles. The number of hydrazone groups is 1. The van der Waals surface area contributed by atoms with E-state index in [1.807, 2.05) is 92.7 Å². The lowest BCUT2D eigenvalue weighted by atomic mass is 10.2. The SMILES string of the molecule is CCOc1ccc(N[C@H](CC)C(=O)N/N=C/c2ccccc2OCc2ccccc2)cc1. The fourth-order valence-electron chi connectivity index (χ4n) is 3.07. The predicted molar refractivity (Wildman–Crippen MR) is 128 cm³/mol. The zero-order chi connectivity index (χ0) is 22.6.